The number of nitrogens with one attached hydrogen (secondary N) is 1. The number of aromatic nitrogens is 2. The van der Waals surface area contributed by atoms with Crippen molar-refractivity contribution in [3.63, 3.8) is 0 Å². The zero-order valence-corrected chi connectivity index (χ0v) is 17.0. The summed E-state index contributed by atoms with van der Waals surface area (Å²) < 4.78 is 1.79. The van der Waals surface area contributed by atoms with Crippen molar-refractivity contribution in [2.75, 3.05) is 0 Å². The van der Waals surface area contributed by atoms with Crippen molar-refractivity contribution in [2.24, 2.45) is 5.10 Å². The lowest BCUT2D eigenvalue weighted by Crippen LogP contribution is -2.18. The first-order chi connectivity index (χ1) is 14.1. The van der Waals surface area contributed by atoms with Gasteiger partial charge in [0.2, 0.25) is 0 Å². The van der Waals surface area contributed by atoms with Gasteiger partial charge in [-0.25, -0.2) is 10.1 Å². The van der Waals surface area contributed by atoms with Gasteiger partial charge in [0, 0.05) is 10.4 Å². The molecule has 0 aliphatic rings. The fourth-order valence-corrected chi connectivity index (χ4v) is 3.47. The number of thiophene rings is 1. The predicted molar refractivity (Wildman–Crippen MR) is 118 cm³/mol. The Morgan fingerprint density at radius 2 is 1.72 bits per heavy atom. The van der Waals surface area contributed by atoms with E-state index in [1.54, 1.807) is 28.3 Å². The standard InChI is InChI=1S/C23H20N4OS/c1-16-5-9-18(10-6-16)22-14-21(23(28)25-24-15-20-4-3-13-29-20)26-27(22)19-11-7-17(2)8-12-19/h3-15H,1-2H3,(H,25,28)/b24-15-. The third-order valence-electron chi connectivity index (χ3n) is 4.47. The topological polar surface area (TPSA) is 59.3 Å². The number of hydrogen-bond donors (Lipinski definition) is 1. The molecule has 2 heterocycles. The molecule has 5 nitrogen and oxygen atoms in total. The van der Waals surface area contributed by atoms with E-state index in [0.29, 0.717) is 5.69 Å². The van der Waals surface area contributed by atoms with Crippen molar-refractivity contribution in [1.82, 2.24) is 15.2 Å². The molecule has 0 aliphatic carbocycles. The number of rotatable bonds is 5. The van der Waals surface area contributed by atoms with E-state index in [1.807, 2.05) is 79.9 Å². The van der Waals surface area contributed by atoms with Crippen LogP contribution >= 0.6 is 11.3 Å². The number of hydrazone groups is 1. The normalized spacial score (nSPS) is 11.1. The molecule has 4 aromatic rings. The smallest absolute Gasteiger partial charge is 0.265 e. The molecule has 0 atom stereocenters. The fourth-order valence-electron chi connectivity index (χ4n) is 2.88. The van der Waals surface area contributed by atoms with Crippen LogP contribution in [0, 0.1) is 13.8 Å². The van der Waals surface area contributed by atoms with Gasteiger partial charge in [-0.2, -0.15) is 10.2 Å². The van der Waals surface area contributed by atoms with Crippen LogP contribution in [0.15, 0.2) is 77.2 Å². The second-order valence-corrected chi connectivity index (χ2v) is 7.72. The Labute approximate surface area is 173 Å². The lowest BCUT2D eigenvalue weighted by Gasteiger charge is -2.08. The maximum Gasteiger partial charge on any atom is 0.291 e. The molecule has 2 aromatic heterocycles. The monoisotopic (exact) mass is 400 g/mol. The zero-order chi connectivity index (χ0) is 20.2. The van der Waals surface area contributed by atoms with E-state index >= 15 is 0 Å². The highest BCUT2D eigenvalue weighted by atomic mass is 32.1. The van der Waals surface area contributed by atoms with Crippen LogP contribution in [0.4, 0.5) is 0 Å². The van der Waals surface area contributed by atoms with E-state index in [-0.39, 0.29) is 5.91 Å². The van der Waals surface area contributed by atoms with Gasteiger partial charge < -0.3 is 0 Å². The maximum absolute atomic E-state index is 12.6. The van der Waals surface area contributed by atoms with Gasteiger partial charge in [-0.15, -0.1) is 11.3 Å². The van der Waals surface area contributed by atoms with Crippen LogP contribution < -0.4 is 5.43 Å². The Morgan fingerprint density at radius 3 is 2.38 bits per heavy atom. The Morgan fingerprint density at radius 1 is 1.03 bits per heavy atom. The molecule has 4 rings (SSSR count). The maximum atomic E-state index is 12.6. The molecule has 1 amide bonds. The quantitative estimate of drug-likeness (QED) is 0.379. The van der Waals surface area contributed by atoms with Crippen molar-refractivity contribution in [3.8, 4) is 16.9 Å². The lowest BCUT2D eigenvalue weighted by atomic mass is 10.1. The highest BCUT2D eigenvalue weighted by Crippen LogP contribution is 2.25. The van der Waals surface area contributed by atoms with E-state index in [1.165, 1.54) is 11.1 Å². The molecule has 0 spiro atoms. The molecule has 144 valence electrons. The molecule has 29 heavy (non-hydrogen) atoms. The molecule has 0 bridgehead atoms. The average Bonchev–Trinajstić information content (AvgIpc) is 3.39. The summed E-state index contributed by atoms with van der Waals surface area (Å²) in [5.74, 6) is -0.350. The molecule has 0 saturated carbocycles. The molecular weight excluding hydrogens is 380 g/mol. The van der Waals surface area contributed by atoms with Gasteiger partial charge >= 0.3 is 0 Å². The minimum Gasteiger partial charge on any atom is -0.265 e. The first-order valence-electron chi connectivity index (χ1n) is 9.21. The van der Waals surface area contributed by atoms with Gasteiger partial charge in [0.15, 0.2) is 5.69 Å². The second-order valence-electron chi connectivity index (χ2n) is 6.74. The van der Waals surface area contributed by atoms with Crippen LogP contribution in [0.3, 0.4) is 0 Å². The summed E-state index contributed by atoms with van der Waals surface area (Å²) in [5.41, 5.74) is 7.95. The molecular formula is C23H20N4OS. The number of benzene rings is 2. The Kier molecular flexibility index (Phi) is 5.35. The van der Waals surface area contributed by atoms with Crippen LogP contribution in [0.5, 0.6) is 0 Å². The number of carbonyl (C=O) groups is 1. The van der Waals surface area contributed by atoms with Crippen molar-refractivity contribution < 1.29 is 4.79 Å². The Balaban J connectivity index is 1.67. The van der Waals surface area contributed by atoms with Crippen molar-refractivity contribution in [1.29, 1.82) is 0 Å². The van der Waals surface area contributed by atoms with Crippen LogP contribution in [0.2, 0.25) is 0 Å². The minimum absolute atomic E-state index is 0.310. The molecule has 6 heteroatoms. The summed E-state index contributed by atoms with van der Waals surface area (Å²) in [6.07, 6.45) is 1.63. The first-order valence-corrected chi connectivity index (χ1v) is 10.1. The van der Waals surface area contributed by atoms with E-state index in [9.17, 15) is 4.79 Å². The molecule has 2 aromatic carbocycles. The molecule has 0 saturated heterocycles. The summed E-state index contributed by atoms with van der Waals surface area (Å²) in [4.78, 5) is 13.6. The van der Waals surface area contributed by atoms with Crippen molar-refractivity contribution in [2.45, 2.75) is 13.8 Å². The van der Waals surface area contributed by atoms with Gasteiger partial charge in [0.05, 0.1) is 17.6 Å². The van der Waals surface area contributed by atoms with Crippen molar-refractivity contribution in [3.05, 3.63) is 93.8 Å². The predicted octanol–water partition coefficient (Wildman–Crippen LogP) is 4.98. The second kappa shape index (κ2) is 8.24. The summed E-state index contributed by atoms with van der Waals surface area (Å²) in [6.45, 7) is 4.09. The summed E-state index contributed by atoms with van der Waals surface area (Å²) in [6, 6.07) is 21.9. The fraction of sp³-hybridized carbons (Fsp3) is 0.0870. The van der Waals surface area contributed by atoms with Gasteiger partial charge in [-0.1, -0.05) is 53.6 Å². The number of hydrogen-bond acceptors (Lipinski definition) is 4. The summed E-state index contributed by atoms with van der Waals surface area (Å²) in [5, 5.41) is 10.6. The van der Waals surface area contributed by atoms with Crippen molar-refractivity contribution >= 4 is 23.5 Å². The number of aryl methyl sites for hydroxylation is 2. The summed E-state index contributed by atoms with van der Waals surface area (Å²) in [7, 11) is 0. The minimum atomic E-state index is -0.350. The largest absolute Gasteiger partial charge is 0.291 e. The number of carbonyl (C=O) groups excluding carboxylic acids is 1. The Bertz CT molecular complexity index is 1080. The summed E-state index contributed by atoms with van der Waals surface area (Å²) >= 11 is 1.55. The lowest BCUT2D eigenvalue weighted by molar-refractivity contribution is 0.0949. The van der Waals surface area contributed by atoms with E-state index < -0.39 is 0 Å². The van der Waals surface area contributed by atoms with E-state index in [4.69, 9.17) is 0 Å². The first kappa shape index (κ1) is 18.8. The molecule has 0 unspecified atom stereocenters. The van der Waals surface area contributed by atoms with Gasteiger partial charge in [0.1, 0.15) is 0 Å². The molecule has 0 fully saturated rings. The van der Waals surface area contributed by atoms with Gasteiger partial charge in [-0.3, -0.25) is 4.79 Å². The van der Waals surface area contributed by atoms with Gasteiger partial charge in [-0.05, 0) is 43.5 Å². The molecule has 1 N–H and O–H groups in total. The van der Waals surface area contributed by atoms with E-state index in [2.05, 4.69) is 15.6 Å². The van der Waals surface area contributed by atoms with Crippen LogP contribution in [0.25, 0.3) is 16.9 Å². The highest BCUT2D eigenvalue weighted by Gasteiger charge is 2.16. The van der Waals surface area contributed by atoms with Crippen LogP contribution in [-0.2, 0) is 0 Å². The SMILES string of the molecule is Cc1ccc(-c2cc(C(=O)N/N=C\c3cccs3)nn2-c2ccc(C)cc2)cc1. The zero-order valence-electron chi connectivity index (χ0n) is 16.2. The highest BCUT2D eigenvalue weighted by molar-refractivity contribution is 7.11. The third kappa shape index (κ3) is 4.33. The van der Waals surface area contributed by atoms with Gasteiger partial charge in [0.25, 0.3) is 5.91 Å². The Hall–Kier alpha value is -3.51. The van der Waals surface area contributed by atoms with E-state index in [0.717, 1.165) is 21.8 Å². The molecule has 0 radical (unpaired) electrons. The van der Waals surface area contributed by atoms with Crippen LogP contribution in [0.1, 0.15) is 26.5 Å². The van der Waals surface area contributed by atoms with Crippen LogP contribution in [-0.4, -0.2) is 21.9 Å². The third-order valence-corrected chi connectivity index (χ3v) is 5.28. The number of nitrogens with zero attached hydrogens (tertiary/aromatic N) is 3. The average molecular weight is 401 g/mol. The number of amides is 1. The molecule has 0 aliphatic heterocycles.